The van der Waals surface area contributed by atoms with Crippen LogP contribution >= 0.6 is 0 Å². The highest BCUT2D eigenvalue weighted by Gasteiger charge is 2.26. The van der Waals surface area contributed by atoms with Crippen molar-refractivity contribution in [3.63, 3.8) is 0 Å². The number of ketones is 1. The molecular weight excluding hydrogens is 552 g/mol. The summed E-state index contributed by atoms with van der Waals surface area (Å²) in [5.74, 6) is -0.806. The number of carbonyl (C=O) groups is 1. The van der Waals surface area contributed by atoms with Gasteiger partial charge in [-0.25, -0.2) is 8.78 Å². The van der Waals surface area contributed by atoms with Crippen molar-refractivity contribution in [3.8, 4) is 0 Å². The fourth-order valence-corrected chi connectivity index (χ4v) is 6.71. The van der Waals surface area contributed by atoms with Gasteiger partial charge in [-0.05, 0) is 124 Å². The molecule has 0 N–H and O–H groups in total. The van der Waals surface area contributed by atoms with E-state index in [9.17, 15) is 13.6 Å². The molecule has 0 amide bonds. The van der Waals surface area contributed by atoms with Gasteiger partial charge in [0.1, 0.15) is 5.76 Å². The van der Waals surface area contributed by atoms with Gasteiger partial charge in [0, 0.05) is 37.7 Å². The summed E-state index contributed by atoms with van der Waals surface area (Å²) in [4.78, 5) is 17.2. The lowest BCUT2D eigenvalue weighted by Crippen LogP contribution is -2.12. The van der Waals surface area contributed by atoms with Crippen LogP contribution in [-0.2, 0) is 21.9 Å². The van der Waals surface area contributed by atoms with Gasteiger partial charge in [0.05, 0.1) is 11.7 Å². The molecular formula is C39H45F2NO2. The lowest BCUT2D eigenvalue weighted by molar-refractivity contribution is -0.115. The van der Waals surface area contributed by atoms with Crippen molar-refractivity contribution in [2.24, 2.45) is 5.92 Å². The van der Waals surface area contributed by atoms with Crippen LogP contribution in [0.1, 0.15) is 107 Å². The van der Waals surface area contributed by atoms with Gasteiger partial charge in [-0.1, -0.05) is 42.0 Å². The molecule has 1 heterocycles. The summed E-state index contributed by atoms with van der Waals surface area (Å²) >= 11 is 0. The number of aromatic nitrogens is 1. The van der Waals surface area contributed by atoms with Crippen molar-refractivity contribution in [3.05, 3.63) is 118 Å². The molecule has 0 saturated heterocycles. The molecule has 44 heavy (non-hydrogen) atoms. The Bertz CT molecular complexity index is 1410. The van der Waals surface area contributed by atoms with E-state index < -0.39 is 5.92 Å². The maximum Gasteiger partial charge on any atom is 0.270 e. The van der Waals surface area contributed by atoms with E-state index in [0.29, 0.717) is 30.3 Å². The summed E-state index contributed by atoms with van der Waals surface area (Å²) in [6, 6.07) is 11.0. The lowest BCUT2D eigenvalue weighted by Gasteiger charge is -2.20. The summed E-state index contributed by atoms with van der Waals surface area (Å²) in [6.07, 6.45) is 26.5. The van der Waals surface area contributed by atoms with Crippen LogP contribution in [0.2, 0.25) is 0 Å². The van der Waals surface area contributed by atoms with Crippen LogP contribution in [0.15, 0.2) is 102 Å². The van der Waals surface area contributed by atoms with Gasteiger partial charge >= 0.3 is 0 Å². The number of halogens is 2. The Hall–Kier alpha value is -3.56. The number of allylic oxidation sites excluding steroid dienone is 6. The molecule has 0 spiro atoms. The SMILES string of the molecule is CC(F)(F)c1ccc(C2CCCC(O/C3=C/C=C\C(C(=O)CCC4CCC=C(Cc5ccncc5)CC4)=C=CC3)CC2)cc1. The monoisotopic (exact) mass is 597 g/mol. The van der Waals surface area contributed by atoms with Crippen LogP contribution in [0.4, 0.5) is 8.78 Å². The van der Waals surface area contributed by atoms with E-state index in [1.54, 1.807) is 12.1 Å². The van der Waals surface area contributed by atoms with E-state index in [4.69, 9.17) is 4.74 Å². The third kappa shape index (κ3) is 9.47. The van der Waals surface area contributed by atoms with E-state index >= 15 is 0 Å². The highest BCUT2D eigenvalue weighted by Crippen LogP contribution is 2.35. The van der Waals surface area contributed by atoms with Gasteiger partial charge in [0.25, 0.3) is 5.92 Å². The number of ether oxygens (including phenoxy) is 1. The van der Waals surface area contributed by atoms with E-state index in [0.717, 1.165) is 88.9 Å². The largest absolute Gasteiger partial charge is 0.494 e. The first-order valence-electron chi connectivity index (χ1n) is 16.4. The quantitative estimate of drug-likeness (QED) is 0.155. The molecule has 5 heteroatoms. The number of pyridine rings is 1. The predicted molar refractivity (Wildman–Crippen MR) is 172 cm³/mol. The van der Waals surface area contributed by atoms with Gasteiger partial charge in [0.15, 0.2) is 5.78 Å². The molecule has 3 nitrogen and oxygen atoms in total. The molecule has 3 aliphatic rings. The van der Waals surface area contributed by atoms with Crippen LogP contribution < -0.4 is 0 Å². The van der Waals surface area contributed by atoms with Crippen LogP contribution in [-0.4, -0.2) is 16.9 Å². The highest BCUT2D eigenvalue weighted by molar-refractivity contribution is 5.97. The molecule has 1 aromatic heterocycles. The third-order valence-corrected chi connectivity index (χ3v) is 9.37. The second-order valence-electron chi connectivity index (χ2n) is 12.8. The minimum Gasteiger partial charge on any atom is -0.494 e. The molecule has 5 rings (SSSR count). The maximum absolute atomic E-state index is 13.6. The Morgan fingerprint density at radius 2 is 1.84 bits per heavy atom. The fraction of sp³-hybridized carbons (Fsp3) is 0.462. The van der Waals surface area contributed by atoms with Crippen molar-refractivity contribution >= 4 is 5.78 Å². The van der Waals surface area contributed by atoms with E-state index in [2.05, 4.69) is 28.9 Å². The standard InChI is InChI=1S/C39H45F2NO2/c1-39(40,41)35-20-17-33(18-21-35)32-8-3-13-37(22-19-32)44-36-11-4-9-34(10-5-12-36)38(43)23-16-29-6-2-7-30(15-14-29)28-31-24-26-42-27-25-31/h4-5,7,9,11,17-18,20-21,24-27,29,32,37H,2-3,6,8,12-16,19,22-23,28H2,1H3/b9-4-,36-11+. The van der Waals surface area contributed by atoms with Crippen molar-refractivity contribution < 1.29 is 18.3 Å². The predicted octanol–water partition coefficient (Wildman–Crippen LogP) is 10.3. The van der Waals surface area contributed by atoms with Crippen LogP contribution in [0.5, 0.6) is 0 Å². The zero-order valence-electron chi connectivity index (χ0n) is 25.9. The number of rotatable bonds is 10. The first kappa shape index (κ1) is 31.9. The Kier molecular flexibility index (Phi) is 11.2. The van der Waals surface area contributed by atoms with Crippen LogP contribution in [0.25, 0.3) is 0 Å². The van der Waals surface area contributed by atoms with Crippen molar-refractivity contribution in [2.75, 3.05) is 0 Å². The van der Waals surface area contributed by atoms with Gasteiger partial charge in [-0.3, -0.25) is 9.78 Å². The van der Waals surface area contributed by atoms with Crippen molar-refractivity contribution in [1.29, 1.82) is 0 Å². The summed E-state index contributed by atoms with van der Waals surface area (Å²) in [6.45, 7) is 0.941. The normalized spacial score (nSPS) is 24.8. The second kappa shape index (κ2) is 15.4. The van der Waals surface area contributed by atoms with Crippen LogP contribution in [0.3, 0.4) is 0 Å². The Morgan fingerprint density at radius 3 is 2.64 bits per heavy atom. The third-order valence-electron chi connectivity index (χ3n) is 9.37. The number of alkyl halides is 2. The average molecular weight is 598 g/mol. The van der Waals surface area contributed by atoms with E-state index in [1.807, 2.05) is 48.8 Å². The van der Waals surface area contributed by atoms with Gasteiger partial charge in [-0.2, -0.15) is 0 Å². The number of Topliss-reactive ketones (excluding diaryl/α,β-unsaturated/α-hetero) is 1. The summed E-state index contributed by atoms with van der Waals surface area (Å²) < 4.78 is 33.6. The first-order valence-corrected chi connectivity index (χ1v) is 16.4. The molecule has 232 valence electrons. The smallest absolute Gasteiger partial charge is 0.270 e. The summed E-state index contributed by atoms with van der Waals surface area (Å²) in [7, 11) is 0. The second-order valence-corrected chi connectivity index (χ2v) is 12.8. The number of carbonyl (C=O) groups excluding carboxylic acids is 1. The summed E-state index contributed by atoms with van der Waals surface area (Å²) in [5, 5.41) is 0. The average Bonchev–Trinajstić information content (AvgIpc) is 3.38. The molecule has 3 atom stereocenters. The zero-order chi connectivity index (χ0) is 30.8. The Morgan fingerprint density at radius 1 is 1.02 bits per heavy atom. The van der Waals surface area contributed by atoms with Crippen molar-refractivity contribution in [1.82, 2.24) is 4.98 Å². The topological polar surface area (TPSA) is 39.2 Å². The summed E-state index contributed by atoms with van der Waals surface area (Å²) in [5.41, 5.74) is 7.91. The van der Waals surface area contributed by atoms with Gasteiger partial charge in [0.2, 0.25) is 0 Å². The number of benzene rings is 1. The molecule has 1 aromatic carbocycles. The Labute approximate surface area is 261 Å². The zero-order valence-corrected chi connectivity index (χ0v) is 25.9. The molecule has 1 saturated carbocycles. The first-order chi connectivity index (χ1) is 21.3. The number of hydrogen-bond acceptors (Lipinski definition) is 3. The molecule has 0 bridgehead atoms. The van der Waals surface area contributed by atoms with Gasteiger partial charge < -0.3 is 4.74 Å². The van der Waals surface area contributed by atoms with E-state index in [-0.39, 0.29) is 17.5 Å². The molecule has 0 radical (unpaired) electrons. The molecule has 2 aromatic rings. The molecule has 3 aliphatic carbocycles. The van der Waals surface area contributed by atoms with Gasteiger partial charge in [-0.15, -0.1) is 5.73 Å². The minimum absolute atomic E-state index is 0.0659. The Balaban J connectivity index is 1.05. The maximum atomic E-state index is 13.6. The highest BCUT2D eigenvalue weighted by atomic mass is 19.3. The minimum atomic E-state index is -2.81. The number of nitrogens with zero attached hydrogens (tertiary/aromatic N) is 1. The lowest BCUT2D eigenvalue weighted by atomic mass is 9.91. The molecule has 3 unspecified atom stereocenters. The molecule has 1 fully saturated rings. The number of hydrogen-bond donors (Lipinski definition) is 0. The van der Waals surface area contributed by atoms with Crippen LogP contribution in [0, 0.1) is 5.92 Å². The fourth-order valence-electron chi connectivity index (χ4n) is 6.71. The van der Waals surface area contributed by atoms with Crippen molar-refractivity contribution in [2.45, 2.75) is 108 Å². The van der Waals surface area contributed by atoms with E-state index in [1.165, 1.54) is 11.1 Å². The molecule has 0 aliphatic heterocycles.